The van der Waals surface area contributed by atoms with E-state index in [1.54, 1.807) is 13.0 Å². The summed E-state index contributed by atoms with van der Waals surface area (Å²) in [4.78, 5) is 10.9. The second-order valence-corrected chi connectivity index (χ2v) is 4.73. The fraction of sp³-hybridized carbons (Fsp3) is 0.615. The third-order valence-corrected chi connectivity index (χ3v) is 2.98. The topological polar surface area (TPSA) is 82.7 Å². The SMILES string of the molecule is Cc1oc(CNC(CCO)C(C)C)cc1C(=O)O. The summed E-state index contributed by atoms with van der Waals surface area (Å²) in [5.74, 6) is 0.446. The normalized spacial score (nSPS) is 12.9. The van der Waals surface area contributed by atoms with Gasteiger partial charge in [0.05, 0.1) is 6.54 Å². The Labute approximate surface area is 107 Å². The van der Waals surface area contributed by atoms with Gasteiger partial charge < -0.3 is 19.9 Å². The van der Waals surface area contributed by atoms with Crippen molar-refractivity contribution in [3.63, 3.8) is 0 Å². The first-order valence-electron chi connectivity index (χ1n) is 6.12. The van der Waals surface area contributed by atoms with Crippen LogP contribution in [0.4, 0.5) is 0 Å². The van der Waals surface area contributed by atoms with Gasteiger partial charge in [-0.05, 0) is 25.3 Å². The second kappa shape index (κ2) is 6.56. The minimum Gasteiger partial charge on any atom is -0.478 e. The van der Waals surface area contributed by atoms with E-state index in [0.29, 0.717) is 30.4 Å². The minimum atomic E-state index is -0.974. The van der Waals surface area contributed by atoms with E-state index in [1.165, 1.54) is 0 Å². The van der Waals surface area contributed by atoms with Crippen LogP contribution in [0.3, 0.4) is 0 Å². The lowest BCUT2D eigenvalue weighted by Crippen LogP contribution is -2.34. The average Bonchev–Trinajstić information content (AvgIpc) is 2.65. The summed E-state index contributed by atoms with van der Waals surface area (Å²) in [6.45, 7) is 6.39. The molecule has 0 fully saturated rings. The quantitative estimate of drug-likeness (QED) is 0.692. The third-order valence-electron chi connectivity index (χ3n) is 2.98. The van der Waals surface area contributed by atoms with Crippen molar-refractivity contribution >= 4 is 5.97 Å². The van der Waals surface area contributed by atoms with E-state index in [2.05, 4.69) is 19.2 Å². The Hall–Kier alpha value is -1.33. The molecule has 5 nitrogen and oxygen atoms in total. The number of hydrogen-bond acceptors (Lipinski definition) is 4. The number of furan rings is 1. The molecule has 0 aromatic carbocycles. The first-order valence-corrected chi connectivity index (χ1v) is 6.12. The molecule has 0 aliphatic heterocycles. The Balaban J connectivity index is 2.62. The highest BCUT2D eigenvalue weighted by Crippen LogP contribution is 2.15. The summed E-state index contributed by atoms with van der Waals surface area (Å²) in [6.07, 6.45) is 0.670. The Kier molecular flexibility index (Phi) is 5.37. The number of hydrogen-bond donors (Lipinski definition) is 3. The second-order valence-electron chi connectivity index (χ2n) is 4.73. The molecule has 0 spiro atoms. The number of nitrogens with one attached hydrogen (secondary N) is 1. The lowest BCUT2D eigenvalue weighted by Gasteiger charge is -2.20. The van der Waals surface area contributed by atoms with Crippen molar-refractivity contribution in [1.82, 2.24) is 5.32 Å². The van der Waals surface area contributed by atoms with E-state index in [4.69, 9.17) is 14.6 Å². The summed E-state index contributed by atoms with van der Waals surface area (Å²) in [6, 6.07) is 1.73. The van der Waals surface area contributed by atoms with Crippen molar-refractivity contribution < 1.29 is 19.4 Å². The number of aromatic carboxylic acids is 1. The van der Waals surface area contributed by atoms with Crippen LogP contribution in [-0.4, -0.2) is 28.8 Å². The molecule has 18 heavy (non-hydrogen) atoms. The molecule has 1 rings (SSSR count). The highest BCUT2D eigenvalue weighted by atomic mass is 16.4. The number of aliphatic hydroxyl groups is 1. The smallest absolute Gasteiger partial charge is 0.339 e. The summed E-state index contributed by atoms with van der Waals surface area (Å²) in [5.41, 5.74) is 0.204. The van der Waals surface area contributed by atoms with E-state index >= 15 is 0 Å². The van der Waals surface area contributed by atoms with E-state index in [-0.39, 0.29) is 18.2 Å². The molecular weight excluding hydrogens is 234 g/mol. The van der Waals surface area contributed by atoms with Crippen molar-refractivity contribution in [1.29, 1.82) is 0 Å². The minimum absolute atomic E-state index is 0.132. The van der Waals surface area contributed by atoms with Gasteiger partial charge in [0.25, 0.3) is 0 Å². The van der Waals surface area contributed by atoms with Crippen LogP contribution in [0, 0.1) is 12.8 Å². The van der Waals surface area contributed by atoms with Gasteiger partial charge in [-0.3, -0.25) is 0 Å². The molecule has 5 heteroatoms. The highest BCUT2D eigenvalue weighted by Gasteiger charge is 2.16. The van der Waals surface area contributed by atoms with Crippen LogP contribution in [0.1, 0.15) is 42.1 Å². The summed E-state index contributed by atoms with van der Waals surface area (Å²) < 4.78 is 5.38. The molecule has 0 bridgehead atoms. The van der Waals surface area contributed by atoms with E-state index < -0.39 is 5.97 Å². The molecule has 0 amide bonds. The lowest BCUT2D eigenvalue weighted by atomic mass is 10.0. The Morgan fingerprint density at radius 2 is 2.17 bits per heavy atom. The zero-order chi connectivity index (χ0) is 13.7. The third kappa shape index (κ3) is 3.85. The molecule has 0 radical (unpaired) electrons. The van der Waals surface area contributed by atoms with Crippen molar-refractivity contribution in [3.8, 4) is 0 Å². The van der Waals surface area contributed by atoms with Gasteiger partial charge in [-0.15, -0.1) is 0 Å². The van der Waals surface area contributed by atoms with Gasteiger partial charge in [-0.25, -0.2) is 4.79 Å². The van der Waals surface area contributed by atoms with Crippen LogP contribution in [0.25, 0.3) is 0 Å². The highest BCUT2D eigenvalue weighted by molar-refractivity contribution is 5.88. The Bertz CT molecular complexity index is 398. The van der Waals surface area contributed by atoms with Crippen LogP contribution in [-0.2, 0) is 6.54 Å². The molecule has 0 aliphatic carbocycles. The molecule has 1 heterocycles. The monoisotopic (exact) mass is 255 g/mol. The van der Waals surface area contributed by atoms with Crippen LogP contribution in [0.15, 0.2) is 10.5 Å². The van der Waals surface area contributed by atoms with Crippen LogP contribution in [0.5, 0.6) is 0 Å². The maximum absolute atomic E-state index is 10.9. The van der Waals surface area contributed by atoms with Gasteiger partial charge in [0.1, 0.15) is 17.1 Å². The van der Waals surface area contributed by atoms with Gasteiger partial charge >= 0.3 is 5.97 Å². The van der Waals surface area contributed by atoms with Crippen LogP contribution >= 0.6 is 0 Å². The van der Waals surface area contributed by atoms with E-state index in [1.807, 2.05) is 0 Å². The first kappa shape index (κ1) is 14.7. The number of aliphatic hydroxyl groups excluding tert-OH is 1. The standard InChI is InChI=1S/C13H21NO4/c1-8(2)12(4-5-15)14-7-10-6-11(13(16)17)9(3)18-10/h6,8,12,14-15H,4-5,7H2,1-3H3,(H,16,17). The predicted molar refractivity (Wildman–Crippen MR) is 67.6 cm³/mol. The number of carboxylic acid groups (broad SMARTS) is 1. The number of rotatable bonds is 7. The van der Waals surface area contributed by atoms with Gasteiger partial charge in [-0.2, -0.15) is 0 Å². The van der Waals surface area contributed by atoms with Crippen LogP contribution in [0.2, 0.25) is 0 Å². The maximum atomic E-state index is 10.9. The zero-order valence-corrected chi connectivity index (χ0v) is 11.1. The Morgan fingerprint density at radius 3 is 2.61 bits per heavy atom. The number of carboxylic acids is 1. The van der Waals surface area contributed by atoms with Crippen molar-refractivity contribution in [2.75, 3.05) is 6.61 Å². The number of carbonyl (C=O) groups is 1. The van der Waals surface area contributed by atoms with Gasteiger partial charge in [-0.1, -0.05) is 13.8 Å². The summed E-state index contributed by atoms with van der Waals surface area (Å²) >= 11 is 0. The molecule has 3 N–H and O–H groups in total. The van der Waals surface area contributed by atoms with Crippen molar-refractivity contribution in [2.45, 2.75) is 39.8 Å². The Morgan fingerprint density at radius 1 is 1.50 bits per heavy atom. The van der Waals surface area contributed by atoms with Crippen LogP contribution < -0.4 is 5.32 Å². The van der Waals surface area contributed by atoms with Crippen molar-refractivity contribution in [2.24, 2.45) is 5.92 Å². The molecular formula is C13H21NO4. The van der Waals surface area contributed by atoms with E-state index in [0.717, 1.165) is 0 Å². The molecule has 102 valence electrons. The summed E-state index contributed by atoms with van der Waals surface area (Å²) in [7, 11) is 0. The van der Waals surface area contributed by atoms with Crippen molar-refractivity contribution in [3.05, 3.63) is 23.2 Å². The van der Waals surface area contributed by atoms with Gasteiger partial charge in [0.2, 0.25) is 0 Å². The molecule has 0 saturated heterocycles. The molecule has 0 saturated carbocycles. The zero-order valence-electron chi connectivity index (χ0n) is 11.1. The van der Waals surface area contributed by atoms with Gasteiger partial charge in [0, 0.05) is 12.6 Å². The van der Waals surface area contributed by atoms with E-state index in [9.17, 15) is 4.79 Å². The first-order chi connectivity index (χ1) is 8.45. The average molecular weight is 255 g/mol. The fourth-order valence-corrected chi connectivity index (χ4v) is 1.89. The largest absolute Gasteiger partial charge is 0.478 e. The summed E-state index contributed by atoms with van der Waals surface area (Å²) in [5, 5.41) is 21.1. The fourth-order valence-electron chi connectivity index (χ4n) is 1.89. The molecule has 1 atom stereocenters. The maximum Gasteiger partial charge on any atom is 0.339 e. The lowest BCUT2D eigenvalue weighted by molar-refractivity contribution is 0.0695. The molecule has 1 aromatic rings. The molecule has 0 aliphatic rings. The molecule has 1 aromatic heterocycles. The molecule has 1 unspecified atom stereocenters. The predicted octanol–water partition coefficient (Wildman–Crippen LogP) is 1.78. The number of aryl methyl sites for hydroxylation is 1. The van der Waals surface area contributed by atoms with Gasteiger partial charge in [0.15, 0.2) is 0 Å².